The molecule has 0 aromatic heterocycles. The highest BCUT2D eigenvalue weighted by atomic mass is 32.2. The smallest absolute Gasteiger partial charge is 0.307 e. The molecule has 1 unspecified atom stereocenters. The van der Waals surface area contributed by atoms with Crippen LogP contribution >= 0.6 is 0 Å². The molecule has 1 aliphatic rings. The fourth-order valence-electron chi connectivity index (χ4n) is 3.05. The largest absolute Gasteiger partial charge is 0.332 e. The van der Waals surface area contributed by atoms with Crippen LogP contribution in [0.15, 0.2) is 18.2 Å². The highest BCUT2D eigenvalue weighted by molar-refractivity contribution is 7.90. The number of nitrogens with zero attached hydrogens (tertiary/aromatic N) is 1. The lowest BCUT2D eigenvalue weighted by molar-refractivity contribution is -0.153. The molecule has 0 aliphatic carbocycles. The van der Waals surface area contributed by atoms with Gasteiger partial charge in [-0.15, -0.1) is 0 Å². The third-order valence-electron chi connectivity index (χ3n) is 4.45. The summed E-state index contributed by atoms with van der Waals surface area (Å²) >= 11 is 0. The molecule has 148 valence electrons. The summed E-state index contributed by atoms with van der Waals surface area (Å²) in [5.41, 5.74) is 2.35. The van der Waals surface area contributed by atoms with E-state index in [1.165, 1.54) is 0 Å². The quantitative estimate of drug-likeness (QED) is 0.744. The van der Waals surface area contributed by atoms with Crippen molar-refractivity contribution < 1.29 is 22.8 Å². The molecule has 2 N–H and O–H groups in total. The first-order valence-electron chi connectivity index (χ1n) is 8.73. The predicted octanol–water partition coefficient (Wildman–Crippen LogP) is 2.49. The fourth-order valence-corrected chi connectivity index (χ4v) is 4.40. The zero-order valence-corrected chi connectivity index (χ0v) is 16.9. The number of urea groups is 1. The molecule has 1 saturated heterocycles. The molecule has 0 saturated carbocycles. The first-order valence-corrected chi connectivity index (χ1v) is 10.3. The van der Waals surface area contributed by atoms with Crippen LogP contribution < -0.4 is 10.0 Å². The number of sulfonamides is 1. The van der Waals surface area contributed by atoms with Gasteiger partial charge in [0.1, 0.15) is 0 Å². The Morgan fingerprint density at radius 1 is 1.11 bits per heavy atom. The number of amides is 4. The molecule has 0 bridgehead atoms. The average molecular weight is 395 g/mol. The number of carbonyl (C=O) groups is 3. The molecule has 1 aliphatic heterocycles. The summed E-state index contributed by atoms with van der Waals surface area (Å²) in [4.78, 5) is 35.9. The number of nitrogens with one attached hydrogen (secondary N) is 2. The second-order valence-electron chi connectivity index (χ2n) is 7.16. The van der Waals surface area contributed by atoms with Gasteiger partial charge in [0.25, 0.3) is 10.0 Å². The monoisotopic (exact) mass is 395 g/mol. The molecule has 1 heterocycles. The summed E-state index contributed by atoms with van der Waals surface area (Å²) in [5, 5.41) is 1.28. The zero-order chi connectivity index (χ0) is 20.5. The molecule has 1 aromatic rings. The first kappa shape index (κ1) is 20.9. The predicted molar refractivity (Wildman–Crippen MR) is 102 cm³/mol. The molecule has 0 radical (unpaired) electrons. The van der Waals surface area contributed by atoms with Crippen molar-refractivity contribution in [3.63, 3.8) is 0 Å². The third-order valence-corrected chi connectivity index (χ3v) is 6.01. The van der Waals surface area contributed by atoms with Crippen LogP contribution in [-0.4, -0.2) is 36.5 Å². The van der Waals surface area contributed by atoms with Gasteiger partial charge in [-0.3, -0.25) is 14.5 Å². The molecule has 9 heteroatoms. The van der Waals surface area contributed by atoms with Gasteiger partial charge in [0.05, 0.1) is 6.42 Å². The minimum atomic E-state index is -4.21. The number of β-lactam (4-membered cyclic amide) rings is 1. The first-order chi connectivity index (χ1) is 12.5. The van der Waals surface area contributed by atoms with Crippen LogP contribution in [0.5, 0.6) is 0 Å². The van der Waals surface area contributed by atoms with Crippen molar-refractivity contribution in [1.29, 1.82) is 0 Å². The number of para-hydroxylation sites is 1. The number of hydrogen-bond acceptors (Lipinski definition) is 5. The van der Waals surface area contributed by atoms with Crippen molar-refractivity contribution in [2.45, 2.75) is 58.2 Å². The SMILES string of the molecule is CC(=O)N1C(=O)CC1S(=O)(=O)NC(=O)Nc1c(C(C)C)cccc1C(C)C. The topological polar surface area (TPSA) is 113 Å². The molecule has 4 amide bonds. The Labute approximate surface area is 159 Å². The molecule has 8 nitrogen and oxygen atoms in total. The summed E-state index contributed by atoms with van der Waals surface area (Å²) in [6, 6.07) is 4.73. The van der Waals surface area contributed by atoms with Crippen molar-refractivity contribution in [2.75, 3.05) is 5.32 Å². The standard InChI is InChI=1S/C18H25N3O5S/c1-10(2)13-7-6-8-14(11(3)4)17(13)19-18(24)20-27(25,26)16-9-15(23)21(16)12(5)22/h6-8,10-11,16H,9H2,1-5H3,(H2,19,20,24). The minimum Gasteiger partial charge on any atom is -0.307 e. The zero-order valence-electron chi connectivity index (χ0n) is 16.1. The van der Waals surface area contributed by atoms with E-state index in [-0.39, 0.29) is 18.3 Å². The number of hydrogen-bond donors (Lipinski definition) is 2. The van der Waals surface area contributed by atoms with E-state index in [4.69, 9.17) is 0 Å². The van der Waals surface area contributed by atoms with Crippen LogP contribution in [0.2, 0.25) is 0 Å². The Morgan fingerprint density at radius 2 is 1.63 bits per heavy atom. The fraction of sp³-hybridized carbons (Fsp3) is 0.500. The second-order valence-corrected chi connectivity index (χ2v) is 9.00. The molecule has 1 aromatic carbocycles. The van der Waals surface area contributed by atoms with Gasteiger partial charge in [0.2, 0.25) is 11.8 Å². The van der Waals surface area contributed by atoms with Crippen LogP contribution in [0.25, 0.3) is 0 Å². The van der Waals surface area contributed by atoms with Gasteiger partial charge < -0.3 is 5.32 Å². The maximum atomic E-state index is 12.4. The molecule has 1 atom stereocenters. The van der Waals surface area contributed by atoms with Crippen LogP contribution in [0.1, 0.15) is 64.0 Å². The van der Waals surface area contributed by atoms with Gasteiger partial charge in [0, 0.05) is 12.6 Å². The van der Waals surface area contributed by atoms with Gasteiger partial charge in [-0.1, -0.05) is 45.9 Å². The van der Waals surface area contributed by atoms with Crippen molar-refractivity contribution >= 4 is 33.6 Å². The Kier molecular flexibility index (Phi) is 5.94. The van der Waals surface area contributed by atoms with E-state index in [2.05, 4.69) is 5.32 Å². The van der Waals surface area contributed by atoms with E-state index in [0.717, 1.165) is 18.1 Å². The summed E-state index contributed by atoms with van der Waals surface area (Å²) in [6.45, 7) is 9.01. The number of benzene rings is 1. The molecule has 0 spiro atoms. The van der Waals surface area contributed by atoms with Gasteiger partial charge in [-0.05, 0) is 23.0 Å². The van der Waals surface area contributed by atoms with Crippen LogP contribution in [0.3, 0.4) is 0 Å². The summed E-state index contributed by atoms with van der Waals surface area (Å²) < 4.78 is 26.7. The van der Waals surface area contributed by atoms with E-state index in [0.29, 0.717) is 10.6 Å². The molecular weight excluding hydrogens is 370 g/mol. The van der Waals surface area contributed by atoms with Gasteiger partial charge >= 0.3 is 6.03 Å². The summed E-state index contributed by atoms with van der Waals surface area (Å²) in [6.07, 6.45) is -0.331. The van der Waals surface area contributed by atoms with Crippen LogP contribution in [-0.2, 0) is 19.6 Å². The van der Waals surface area contributed by atoms with Crippen LogP contribution in [0, 0.1) is 0 Å². The normalized spacial score (nSPS) is 17.1. The highest BCUT2D eigenvalue weighted by Crippen LogP contribution is 2.32. The lowest BCUT2D eigenvalue weighted by Gasteiger charge is -2.36. The van der Waals surface area contributed by atoms with Gasteiger partial charge in [-0.2, -0.15) is 0 Å². The van der Waals surface area contributed by atoms with Gasteiger partial charge in [0.15, 0.2) is 5.37 Å². The summed E-state index contributed by atoms with van der Waals surface area (Å²) in [7, 11) is -4.21. The molecule has 27 heavy (non-hydrogen) atoms. The average Bonchev–Trinajstić information content (AvgIpc) is 2.50. The number of anilines is 1. The highest BCUT2D eigenvalue weighted by Gasteiger charge is 2.48. The number of rotatable bonds is 5. The molecule has 1 fully saturated rings. The molecular formula is C18H25N3O5S. The van der Waals surface area contributed by atoms with E-state index < -0.39 is 33.2 Å². The maximum absolute atomic E-state index is 12.4. The van der Waals surface area contributed by atoms with Crippen LogP contribution in [0.4, 0.5) is 10.5 Å². The van der Waals surface area contributed by atoms with Crippen molar-refractivity contribution in [1.82, 2.24) is 9.62 Å². The Hall–Kier alpha value is -2.42. The van der Waals surface area contributed by atoms with E-state index in [1.807, 2.05) is 50.6 Å². The lowest BCUT2D eigenvalue weighted by Crippen LogP contribution is -2.61. The van der Waals surface area contributed by atoms with Gasteiger partial charge in [-0.25, -0.2) is 17.9 Å². The van der Waals surface area contributed by atoms with Crippen molar-refractivity contribution in [3.05, 3.63) is 29.3 Å². The number of imide groups is 1. The van der Waals surface area contributed by atoms with E-state index in [1.54, 1.807) is 0 Å². The molecule has 2 rings (SSSR count). The minimum absolute atomic E-state index is 0.119. The number of carbonyl (C=O) groups excluding carboxylic acids is 3. The van der Waals surface area contributed by atoms with Crippen molar-refractivity contribution in [2.24, 2.45) is 0 Å². The lowest BCUT2D eigenvalue weighted by atomic mass is 9.93. The Balaban J connectivity index is 2.24. The maximum Gasteiger partial charge on any atom is 0.332 e. The van der Waals surface area contributed by atoms with Crippen molar-refractivity contribution in [3.8, 4) is 0 Å². The number of likely N-dealkylation sites (tertiary alicyclic amines) is 1. The van der Waals surface area contributed by atoms with E-state index >= 15 is 0 Å². The third kappa shape index (κ3) is 4.29. The Morgan fingerprint density at radius 3 is 2.04 bits per heavy atom. The summed E-state index contributed by atoms with van der Waals surface area (Å²) in [5.74, 6) is -1.01. The van der Waals surface area contributed by atoms with E-state index in [9.17, 15) is 22.8 Å². The second kappa shape index (κ2) is 7.67. The Bertz CT molecular complexity index is 843.